The number of carbonyl (C=O) groups excluding carboxylic acids is 1. The lowest BCUT2D eigenvalue weighted by Gasteiger charge is -2.11. The van der Waals surface area contributed by atoms with Gasteiger partial charge >= 0.3 is 5.97 Å². The summed E-state index contributed by atoms with van der Waals surface area (Å²) in [5.74, 6) is -2.43. The van der Waals surface area contributed by atoms with E-state index in [4.69, 9.17) is 10.3 Å². The molecule has 7 heteroatoms. The Bertz CT molecular complexity index is 502. The number of hydrogen-bond acceptors (Lipinski definition) is 3. The van der Waals surface area contributed by atoms with Crippen molar-refractivity contribution >= 4 is 5.97 Å². The molecule has 0 bridgehead atoms. The van der Waals surface area contributed by atoms with Gasteiger partial charge < -0.3 is 4.74 Å². The minimum absolute atomic E-state index is 0.0382. The molecule has 0 N–H and O–H groups in total. The second-order valence-electron chi connectivity index (χ2n) is 3.74. The highest BCUT2D eigenvalue weighted by Gasteiger charge is 2.14. The predicted octanol–water partition coefficient (Wildman–Crippen LogP) is 3.66. The predicted molar refractivity (Wildman–Crippen MR) is 64.1 cm³/mol. The van der Waals surface area contributed by atoms with Crippen molar-refractivity contribution in [1.29, 1.82) is 0 Å². The van der Waals surface area contributed by atoms with E-state index in [-0.39, 0.29) is 19.4 Å². The molecule has 1 aromatic carbocycles. The number of esters is 1. The lowest BCUT2D eigenvalue weighted by molar-refractivity contribution is -0.143. The molecule has 0 aliphatic rings. The molecule has 102 valence electrons. The van der Waals surface area contributed by atoms with Gasteiger partial charge in [-0.25, -0.2) is 8.78 Å². The van der Waals surface area contributed by atoms with E-state index >= 15 is 0 Å². The maximum Gasteiger partial charge on any atom is 0.305 e. The van der Waals surface area contributed by atoms with Crippen LogP contribution >= 0.6 is 0 Å². The maximum absolute atomic E-state index is 13.1. The Morgan fingerprint density at radius 3 is 2.79 bits per heavy atom. The largest absolute Gasteiger partial charge is 0.466 e. The number of carbonyl (C=O) groups is 1. The first kappa shape index (κ1) is 14.9. The molecule has 0 aliphatic heterocycles. The molecular weight excluding hydrogens is 256 g/mol. The Kier molecular flexibility index (Phi) is 5.75. The summed E-state index contributed by atoms with van der Waals surface area (Å²) in [7, 11) is 0. The van der Waals surface area contributed by atoms with Crippen molar-refractivity contribution in [2.45, 2.75) is 25.8 Å². The van der Waals surface area contributed by atoms with E-state index in [0.717, 1.165) is 12.1 Å². The average molecular weight is 269 g/mol. The quantitative estimate of drug-likeness (QED) is 0.342. The molecule has 0 saturated carbocycles. The lowest BCUT2D eigenvalue weighted by atomic mass is 10.0. The van der Waals surface area contributed by atoms with Gasteiger partial charge in [-0.3, -0.25) is 4.79 Å². The Morgan fingerprint density at radius 2 is 2.21 bits per heavy atom. The third kappa shape index (κ3) is 4.56. The molecule has 5 nitrogen and oxygen atoms in total. The van der Waals surface area contributed by atoms with Crippen LogP contribution in [0.1, 0.15) is 31.4 Å². The molecule has 0 radical (unpaired) electrons. The fraction of sp³-hybridized carbons (Fsp3) is 0.417. The summed E-state index contributed by atoms with van der Waals surface area (Å²) in [6, 6.07) is 2.50. The van der Waals surface area contributed by atoms with Gasteiger partial charge in [-0.1, -0.05) is 11.2 Å². The number of benzene rings is 1. The van der Waals surface area contributed by atoms with Crippen molar-refractivity contribution in [2.75, 3.05) is 6.61 Å². The zero-order chi connectivity index (χ0) is 14.3. The van der Waals surface area contributed by atoms with E-state index in [0.29, 0.717) is 5.56 Å². The Balaban J connectivity index is 2.79. The molecule has 0 aliphatic carbocycles. The fourth-order valence-electron chi connectivity index (χ4n) is 1.56. The summed E-state index contributed by atoms with van der Waals surface area (Å²) in [5.41, 5.74) is 8.79. The van der Waals surface area contributed by atoms with Gasteiger partial charge in [0.25, 0.3) is 0 Å². The van der Waals surface area contributed by atoms with Crippen LogP contribution in [0.2, 0.25) is 0 Å². The number of nitrogens with zero attached hydrogens (tertiary/aromatic N) is 3. The Morgan fingerprint density at radius 1 is 1.47 bits per heavy atom. The number of halogens is 2. The minimum atomic E-state index is -1.02. The summed E-state index contributed by atoms with van der Waals surface area (Å²) < 4.78 is 30.6. The standard InChI is InChI=1S/C12H13F2N3O2/c1-2-19-12(18)6-5-11(16-17-15)8-3-4-9(13)10(14)7-8/h3-4,7,11H,2,5-6H2,1H3. The van der Waals surface area contributed by atoms with Crippen molar-refractivity contribution in [3.05, 3.63) is 45.8 Å². The summed E-state index contributed by atoms with van der Waals surface area (Å²) in [6.07, 6.45) is 0.213. The Labute approximate surface area is 108 Å². The van der Waals surface area contributed by atoms with E-state index in [1.165, 1.54) is 6.07 Å². The van der Waals surface area contributed by atoms with Crippen LogP contribution in [0.5, 0.6) is 0 Å². The van der Waals surface area contributed by atoms with Crippen LogP contribution in [0.25, 0.3) is 10.4 Å². The molecule has 0 fully saturated rings. The molecule has 0 amide bonds. The van der Waals surface area contributed by atoms with E-state index in [1.807, 2.05) is 0 Å². The SMILES string of the molecule is CCOC(=O)CCC(N=[N+]=[N-])c1ccc(F)c(F)c1. The molecule has 1 unspecified atom stereocenters. The van der Waals surface area contributed by atoms with Crippen molar-refractivity contribution in [3.8, 4) is 0 Å². The van der Waals surface area contributed by atoms with Crippen molar-refractivity contribution in [2.24, 2.45) is 5.11 Å². The summed E-state index contributed by atoms with van der Waals surface area (Å²) in [4.78, 5) is 13.9. The lowest BCUT2D eigenvalue weighted by Crippen LogP contribution is -2.06. The smallest absolute Gasteiger partial charge is 0.305 e. The normalized spacial score (nSPS) is 11.5. The van der Waals surface area contributed by atoms with Crippen LogP contribution in [0, 0.1) is 11.6 Å². The van der Waals surface area contributed by atoms with Gasteiger partial charge in [-0.15, -0.1) is 0 Å². The monoisotopic (exact) mass is 269 g/mol. The number of ether oxygens (including phenoxy) is 1. The van der Waals surface area contributed by atoms with Gasteiger partial charge in [0.1, 0.15) is 0 Å². The second kappa shape index (κ2) is 7.33. The molecule has 0 saturated heterocycles. The first-order valence-electron chi connectivity index (χ1n) is 5.73. The van der Waals surface area contributed by atoms with Gasteiger partial charge in [-0.05, 0) is 36.6 Å². The number of rotatable bonds is 6. The van der Waals surface area contributed by atoms with Crippen LogP contribution in [-0.4, -0.2) is 12.6 Å². The topological polar surface area (TPSA) is 75.1 Å². The van der Waals surface area contributed by atoms with Crippen molar-refractivity contribution < 1.29 is 18.3 Å². The van der Waals surface area contributed by atoms with Crippen LogP contribution in [0.4, 0.5) is 8.78 Å². The van der Waals surface area contributed by atoms with E-state index < -0.39 is 23.6 Å². The molecule has 1 rings (SSSR count). The maximum atomic E-state index is 13.1. The summed E-state index contributed by atoms with van der Waals surface area (Å²) in [6.45, 7) is 1.94. The van der Waals surface area contributed by atoms with Crippen molar-refractivity contribution in [3.63, 3.8) is 0 Å². The molecule has 0 spiro atoms. The zero-order valence-corrected chi connectivity index (χ0v) is 10.3. The molecule has 1 aromatic rings. The summed E-state index contributed by atoms with van der Waals surface area (Å²) in [5, 5.41) is 3.48. The number of hydrogen-bond donors (Lipinski definition) is 0. The third-order valence-electron chi connectivity index (χ3n) is 2.45. The van der Waals surface area contributed by atoms with Crippen molar-refractivity contribution in [1.82, 2.24) is 0 Å². The Hall–Kier alpha value is -2.14. The van der Waals surface area contributed by atoms with Gasteiger partial charge in [0, 0.05) is 11.3 Å². The molecule has 0 heterocycles. The zero-order valence-electron chi connectivity index (χ0n) is 10.3. The van der Waals surface area contributed by atoms with E-state index in [9.17, 15) is 13.6 Å². The highest BCUT2D eigenvalue weighted by atomic mass is 19.2. The average Bonchev–Trinajstić information content (AvgIpc) is 2.38. The summed E-state index contributed by atoms with van der Waals surface area (Å²) >= 11 is 0. The molecule has 1 atom stereocenters. The first-order chi connectivity index (χ1) is 9.08. The van der Waals surface area contributed by atoms with E-state index in [1.54, 1.807) is 6.92 Å². The van der Waals surface area contributed by atoms with Gasteiger partial charge in [0.2, 0.25) is 0 Å². The second-order valence-corrected chi connectivity index (χ2v) is 3.74. The van der Waals surface area contributed by atoms with Crippen LogP contribution in [-0.2, 0) is 9.53 Å². The minimum Gasteiger partial charge on any atom is -0.466 e. The van der Waals surface area contributed by atoms with Gasteiger partial charge in [0.05, 0.1) is 12.6 Å². The van der Waals surface area contributed by atoms with Gasteiger partial charge in [-0.2, -0.15) is 0 Å². The third-order valence-corrected chi connectivity index (χ3v) is 2.45. The molecular formula is C12H13F2N3O2. The van der Waals surface area contributed by atoms with Crippen LogP contribution in [0.15, 0.2) is 23.3 Å². The number of azide groups is 1. The molecule has 19 heavy (non-hydrogen) atoms. The highest BCUT2D eigenvalue weighted by Crippen LogP contribution is 2.24. The van der Waals surface area contributed by atoms with Crippen LogP contribution < -0.4 is 0 Å². The first-order valence-corrected chi connectivity index (χ1v) is 5.73. The van der Waals surface area contributed by atoms with Crippen LogP contribution in [0.3, 0.4) is 0 Å². The van der Waals surface area contributed by atoms with Gasteiger partial charge in [0.15, 0.2) is 11.6 Å². The highest BCUT2D eigenvalue weighted by molar-refractivity contribution is 5.69. The fourth-order valence-corrected chi connectivity index (χ4v) is 1.56. The molecule has 0 aromatic heterocycles. The van der Waals surface area contributed by atoms with E-state index in [2.05, 4.69) is 10.0 Å².